The molecule has 1 N–H and O–H groups in total. The minimum absolute atomic E-state index is 0.0619. The van der Waals surface area contributed by atoms with Gasteiger partial charge in [0.1, 0.15) is 16.5 Å². The van der Waals surface area contributed by atoms with Gasteiger partial charge in [-0.1, -0.05) is 18.2 Å². The van der Waals surface area contributed by atoms with Crippen LogP contribution in [-0.4, -0.2) is 9.97 Å². The Kier molecular flexibility index (Phi) is 3.58. The van der Waals surface area contributed by atoms with Gasteiger partial charge in [0.05, 0.1) is 5.39 Å². The van der Waals surface area contributed by atoms with Gasteiger partial charge >= 0.3 is 0 Å². The third-order valence-corrected chi connectivity index (χ3v) is 5.33. The van der Waals surface area contributed by atoms with E-state index in [4.69, 9.17) is 0 Å². The first-order valence-corrected chi connectivity index (χ1v) is 8.50. The number of aromatic amines is 1. The molecule has 0 atom stereocenters. The number of aryl methyl sites for hydroxylation is 2. The van der Waals surface area contributed by atoms with Crippen LogP contribution in [0.4, 0.5) is 4.39 Å². The van der Waals surface area contributed by atoms with Crippen LogP contribution < -0.4 is 5.56 Å². The molecule has 116 valence electrons. The number of rotatable bonds is 2. The molecule has 23 heavy (non-hydrogen) atoms. The Hall–Kier alpha value is -2.27. The fourth-order valence-electron chi connectivity index (χ4n) is 3.01. The molecule has 2 heterocycles. The van der Waals surface area contributed by atoms with Gasteiger partial charge in [0.2, 0.25) is 0 Å². The van der Waals surface area contributed by atoms with E-state index >= 15 is 0 Å². The summed E-state index contributed by atoms with van der Waals surface area (Å²) in [6.45, 7) is 0. The smallest absolute Gasteiger partial charge is 0.260 e. The molecule has 0 amide bonds. The molecule has 5 heteroatoms. The molecule has 0 spiro atoms. The highest BCUT2D eigenvalue weighted by Crippen LogP contribution is 2.33. The summed E-state index contributed by atoms with van der Waals surface area (Å²) in [4.78, 5) is 22.0. The van der Waals surface area contributed by atoms with E-state index in [0.29, 0.717) is 5.82 Å². The summed E-state index contributed by atoms with van der Waals surface area (Å²) < 4.78 is 12.9. The van der Waals surface area contributed by atoms with Crippen LogP contribution >= 0.6 is 11.3 Å². The molecule has 0 saturated carbocycles. The maximum atomic E-state index is 12.9. The van der Waals surface area contributed by atoms with Crippen LogP contribution in [0.15, 0.2) is 29.1 Å². The number of hydrogen-bond donors (Lipinski definition) is 1. The Balaban J connectivity index is 1.74. The van der Waals surface area contributed by atoms with Crippen molar-refractivity contribution < 1.29 is 4.39 Å². The van der Waals surface area contributed by atoms with Crippen molar-refractivity contribution in [1.82, 2.24) is 9.97 Å². The predicted molar refractivity (Wildman–Crippen MR) is 92.2 cm³/mol. The Morgan fingerprint density at radius 1 is 1.13 bits per heavy atom. The molecule has 0 aliphatic heterocycles. The highest BCUT2D eigenvalue weighted by molar-refractivity contribution is 7.18. The zero-order valence-electron chi connectivity index (χ0n) is 12.4. The second-order valence-corrected chi connectivity index (χ2v) is 6.81. The highest BCUT2D eigenvalue weighted by Gasteiger charge is 2.19. The molecular weight excluding hydrogens is 311 g/mol. The second kappa shape index (κ2) is 5.74. The first-order chi connectivity index (χ1) is 11.2. The van der Waals surface area contributed by atoms with Gasteiger partial charge in [-0.05, 0) is 55.0 Å². The minimum atomic E-state index is -0.265. The lowest BCUT2D eigenvalue weighted by atomic mass is 9.97. The maximum Gasteiger partial charge on any atom is 0.260 e. The third-order valence-electron chi connectivity index (χ3n) is 4.15. The SMILES string of the molecule is O=c1[nH]c(/C=C/c2ccc(F)cc2)nc2sc3c(c12)CCCC3. The highest BCUT2D eigenvalue weighted by atomic mass is 32.1. The number of thiophene rings is 1. The molecule has 1 aliphatic carbocycles. The van der Waals surface area contributed by atoms with Crippen molar-refractivity contribution in [2.75, 3.05) is 0 Å². The van der Waals surface area contributed by atoms with Crippen molar-refractivity contribution in [2.45, 2.75) is 25.7 Å². The van der Waals surface area contributed by atoms with Crippen molar-refractivity contribution in [2.24, 2.45) is 0 Å². The predicted octanol–water partition coefficient (Wildman–Crippen LogP) is 4.17. The van der Waals surface area contributed by atoms with Crippen molar-refractivity contribution in [3.8, 4) is 0 Å². The van der Waals surface area contributed by atoms with E-state index in [9.17, 15) is 9.18 Å². The average Bonchev–Trinajstić information content (AvgIpc) is 2.93. The molecule has 1 aromatic carbocycles. The van der Waals surface area contributed by atoms with Crippen LogP contribution in [0, 0.1) is 5.82 Å². The largest absolute Gasteiger partial charge is 0.306 e. The van der Waals surface area contributed by atoms with Crippen molar-refractivity contribution in [3.05, 3.63) is 62.3 Å². The summed E-state index contributed by atoms with van der Waals surface area (Å²) in [5.41, 5.74) is 1.99. The number of halogens is 1. The normalized spacial score (nSPS) is 14.5. The zero-order chi connectivity index (χ0) is 15.8. The number of nitrogens with one attached hydrogen (secondary N) is 1. The van der Waals surface area contributed by atoms with E-state index in [0.717, 1.165) is 35.0 Å². The molecular formula is C18H15FN2OS. The summed E-state index contributed by atoms with van der Waals surface area (Å²) in [5, 5.41) is 0.767. The van der Waals surface area contributed by atoms with Crippen LogP contribution in [0.2, 0.25) is 0 Å². The summed E-state index contributed by atoms with van der Waals surface area (Å²) in [6, 6.07) is 6.19. The lowest BCUT2D eigenvalue weighted by Gasteiger charge is -2.09. The van der Waals surface area contributed by atoms with Crippen molar-refractivity contribution in [3.63, 3.8) is 0 Å². The molecule has 2 aromatic heterocycles. The van der Waals surface area contributed by atoms with Gasteiger partial charge in [0.15, 0.2) is 0 Å². The molecule has 3 nitrogen and oxygen atoms in total. The van der Waals surface area contributed by atoms with Crippen LogP contribution in [0.1, 0.15) is 34.7 Å². The molecule has 0 saturated heterocycles. The number of aromatic nitrogens is 2. The van der Waals surface area contributed by atoms with Crippen LogP contribution in [0.25, 0.3) is 22.4 Å². The van der Waals surface area contributed by atoms with Crippen molar-refractivity contribution in [1.29, 1.82) is 0 Å². The Labute approximate surface area is 136 Å². The van der Waals surface area contributed by atoms with Gasteiger partial charge in [-0.25, -0.2) is 9.37 Å². The van der Waals surface area contributed by atoms with E-state index in [2.05, 4.69) is 9.97 Å². The zero-order valence-corrected chi connectivity index (χ0v) is 13.3. The third kappa shape index (κ3) is 2.72. The second-order valence-electron chi connectivity index (χ2n) is 5.73. The summed E-state index contributed by atoms with van der Waals surface area (Å²) in [5.74, 6) is 0.268. The van der Waals surface area contributed by atoms with Gasteiger partial charge in [-0.2, -0.15) is 0 Å². The molecule has 1 aliphatic rings. The topological polar surface area (TPSA) is 45.8 Å². The molecule has 0 radical (unpaired) electrons. The van der Waals surface area contributed by atoms with Crippen LogP contribution in [0.3, 0.4) is 0 Å². The quantitative estimate of drug-likeness (QED) is 0.768. The molecule has 0 fully saturated rings. The standard InChI is InChI=1S/C18H15FN2OS/c19-12-8-5-11(6-9-12)7-10-15-20-17(22)16-13-3-1-2-4-14(13)23-18(16)21-15/h5-10H,1-4H2,(H,20,21,22)/b10-7+. The molecule has 0 bridgehead atoms. The van der Waals surface area contributed by atoms with E-state index in [1.54, 1.807) is 29.5 Å². The van der Waals surface area contributed by atoms with E-state index in [1.807, 2.05) is 6.08 Å². The van der Waals surface area contributed by atoms with Gasteiger partial charge in [-0.15, -0.1) is 11.3 Å². The Morgan fingerprint density at radius 2 is 1.91 bits per heavy atom. The number of hydrogen-bond acceptors (Lipinski definition) is 3. The monoisotopic (exact) mass is 326 g/mol. The van der Waals surface area contributed by atoms with E-state index < -0.39 is 0 Å². The Bertz CT molecular complexity index is 954. The van der Waals surface area contributed by atoms with Gasteiger partial charge in [0.25, 0.3) is 5.56 Å². The fourth-order valence-corrected chi connectivity index (χ4v) is 4.28. The van der Waals surface area contributed by atoms with Crippen molar-refractivity contribution >= 4 is 33.7 Å². The van der Waals surface area contributed by atoms with Gasteiger partial charge in [0, 0.05) is 4.88 Å². The minimum Gasteiger partial charge on any atom is -0.306 e. The fraction of sp³-hybridized carbons (Fsp3) is 0.222. The first-order valence-electron chi connectivity index (χ1n) is 7.69. The van der Waals surface area contributed by atoms with Crippen LogP contribution in [-0.2, 0) is 12.8 Å². The lowest BCUT2D eigenvalue weighted by molar-refractivity contribution is 0.628. The number of nitrogens with zero attached hydrogens (tertiary/aromatic N) is 1. The summed E-state index contributed by atoms with van der Waals surface area (Å²) in [6.07, 6.45) is 7.94. The number of fused-ring (bicyclic) bond motifs is 3. The maximum absolute atomic E-state index is 12.9. The molecule has 3 aromatic rings. The first kappa shape index (κ1) is 14.3. The molecule has 0 unspecified atom stereocenters. The summed E-state index contributed by atoms with van der Waals surface area (Å²) >= 11 is 1.64. The summed E-state index contributed by atoms with van der Waals surface area (Å²) in [7, 11) is 0. The number of benzene rings is 1. The van der Waals surface area contributed by atoms with Gasteiger partial charge < -0.3 is 4.98 Å². The van der Waals surface area contributed by atoms with Gasteiger partial charge in [-0.3, -0.25) is 4.79 Å². The van der Waals surface area contributed by atoms with E-state index in [-0.39, 0.29) is 11.4 Å². The average molecular weight is 326 g/mol. The Morgan fingerprint density at radius 3 is 2.74 bits per heavy atom. The number of H-pyrrole nitrogens is 1. The lowest BCUT2D eigenvalue weighted by Crippen LogP contribution is -2.11. The molecule has 4 rings (SSSR count). The van der Waals surface area contributed by atoms with E-state index in [1.165, 1.54) is 29.0 Å². The van der Waals surface area contributed by atoms with Crippen LogP contribution in [0.5, 0.6) is 0 Å².